The van der Waals surface area contributed by atoms with Gasteiger partial charge in [0, 0.05) is 25.1 Å². The Bertz CT molecular complexity index is 612. The van der Waals surface area contributed by atoms with Crippen molar-refractivity contribution in [3.63, 3.8) is 0 Å². The van der Waals surface area contributed by atoms with E-state index >= 15 is 0 Å². The van der Waals surface area contributed by atoms with E-state index in [-0.39, 0.29) is 12.0 Å². The molecule has 1 atom stereocenters. The van der Waals surface area contributed by atoms with E-state index in [2.05, 4.69) is 21.7 Å². The second-order valence-electron chi connectivity index (χ2n) is 4.68. The van der Waals surface area contributed by atoms with Crippen LogP contribution in [0.1, 0.15) is 31.2 Å². The highest BCUT2D eigenvalue weighted by Crippen LogP contribution is 2.21. The number of hydrogen-bond acceptors (Lipinski definition) is 5. The zero-order chi connectivity index (χ0) is 15.2. The molecule has 2 N–H and O–H groups in total. The van der Waals surface area contributed by atoms with E-state index in [1.807, 2.05) is 30.5 Å². The topological polar surface area (TPSA) is 63.2 Å². The van der Waals surface area contributed by atoms with E-state index in [0.717, 1.165) is 16.9 Å². The normalized spacial score (nSPS) is 12.0. The van der Waals surface area contributed by atoms with Crippen LogP contribution in [-0.4, -0.2) is 18.0 Å². The summed E-state index contributed by atoms with van der Waals surface area (Å²) in [4.78, 5) is 15.3. The van der Waals surface area contributed by atoms with Crippen LogP contribution in [0.3, 0.4) is 0 Å². The minimum Gasteiger partial charge on any atom is -0.379 e. The largest absolute Gasteiger partial charge is 0.379 e. The molecule has 21 heavy (non-hydrogen) atoms. The van der Waals surface area contributed by atoms with Gasteiger partial charge in [-0.05, 0) is 24.6 Å². The summed E-state index contributed by atoms with van der Waals surface area (Å²) in [5, 5.41) is 8.56. The van der Waals surface area contributed by atoms with E-state index in [1.54, 1.807) is 7.11 Å². The van der Waals surface area contributed by atoms with Gasteiger partial charge in [-0.3, -0.25) is 4.79 Å². The number of thiazole rings is 1. The Balaban J connectivity index is 1.96. The van der Waals surface area contributed by atoms with Gasteiger partial charge >= 0.3 is 0 Å². The van der Waals surface area contributed by atoms with Gasteiger partial charge in [0.25, 0.3) is 0 Å². The quantitative estimate of drug-likeness (QED) is 0.858. The van der Waals surface area contributed by atoms with Gasteiger partial charge in [0.2, 0.25) is 5.91 Å². The number of carbonyl (C=O) groups excluding carboxylic acids is 1. The maximum atomic E-state index is 11.0. The van der Waals surface area contributed by atoms with Gasteiger partial charge in [-0.15, -0.1) is 11.3 Å². The molecule has 0 unspecified atom stereocenters. The standard InChI is InChI=1S/C15H19N3O2S/c1-10(20-3)12-5-4-6-13(7-12)16-8-14-9-21-15(18-14)17-11(2)19/h4-7,9-10,16H,8H2,1-3H3,(H,17,18,19)/t10-/m1/s1. The van der Waals surface area contributed by atoms with Gasteiger partial charge in [-0.1, -0.05) is 12.1 Å². The van der Waals surface area contributed by atoms with Crippen LogP contribution in [0.2, 0.25) is 0 Å². The van der Waals surface area contributed by atoms with Gasteiger partial charge in [0.15, 0.2) is 5.13 Å². The molecular weight excluding hydrogens is 286 g/mol. The number of benzene rings is 1. The molecule has 1 aromatic carbocycles. The number of nitrogens with zero attached hydrogens (tertiary/aromatic N) is 1. The molecule has 0 saturated carbocycles. The Labute approximate surface area is 128 Å². The Kier molecular flexibility index (Phi) is 5.30. The zero-order valence-corrected chi connectivity index (χ0v) is 13.2. The van der Waals surface area contributed by atoms with Gasteiger partial charge < -0.3 is 15.4 Å². The maximum absolute atomic E-state index is 11.0. The number of rotatable bonds is 6. The molecule has 1 aromatic heterocycles. The van der Waals surface area contributed by atoms with Crippen LogP contribution in [0.15, 0.2) is 29.6 Å². The molecule has 0 bridgehead atoms. The Morgan fingerprint density at radius 3 is 3.00 bits per heavy atom. The van der Waals surface area contributed by atoms with Crippen LogP contribution < -0.4 is 10.6 Å². The molecule has 2 rings (SSSR count). The van der Waals surface area contributed by atoms with Crippen molar-refractivity contribution in [2.24, 2.45) is 0 Å². The molecule has 1 heterocycles. The molecular formula is C15H19N3O2S. The monoisotopic (exact) mass is 305 g/mol. The first-order valence-corrected chi connectivity index (χ1v) is 7.55. The molecule has 112 valence electrons. The summed E-state index contributed by atoms with van der Waals surface area (Å²) in [5.74, 6) is -0.106. The molecule has 5 nitrogen and oxygen atoms in total. The summed E-state index contributed by atoms with van der Waals surface area (Å²) in [6.07, 6.45) is 0.0670. The number of anilines is 2. The van der Waals surface area contributed by atoms with Gasteiger partial charge in [-0.2, -0.15) is 0 Å². The number of amides is 1. The molecule has 0 saturated heterocycles. The number of ether oxygens (including phenoxy) is 1. The summed E-state index contributed by atoms with van der Waals surface area (Å²) in [7, 11) is 1.70. The predicted molar refractivity (Wildman–Crippen MR) is 85.6 cm³/mol. The van der Waals surface area contributed by atoms with E-state index < -0.39 is 0 Å². The molecule has 0 radical (unpaired) electrons. The van der Waals surface area contributed by atoms with E-state index in [4.69, 9.17) is 4.74 Å². The second kappa shape index (κ2) is 7.19. The zero-order valence-electron chi connectivity index (χ0n) is 12.3. The highest BCUT2D eigenvalue weighted by atomic mass is 32.1. The lowest BCUT2D eigenvalue weighted by Gasteiger charge is -2.12. The molecule has 1 amide bonds. The van der Waals surface area contributed by atoms with Crippen LogP contribution in [-0.2, 0) is 16.1 Å². The first-order chi connectivity index (χ1) is 10.1. The van der Waals surface area contributed by atoms with Crippen LogP contribution in [0.4, 0.5) is 10.8 Å². The van der Waals surface area contributed by atoms with Crippen molar-refractivity contribution >= 4 is 28.1 Å². The highest BCUT2D eigenvalue weighted by molar-refractivity contribution is 7.13. The van der Waals surface area contributed by atoms with Crippen molar-refractivity contribution < 1.29 is 9.53 Å². The average Bonchev–Trinajstić information content (AvgIpc) is 2.91. The fourth-order valence-corrected chi connectivity index (χ4v) is 2.58. The predicted octanol–water partition coefficient (Wildman–Crippen LogP) is 3.42. The molecule has 0 aliphatic rings. The molecule has 0 aliphatic heterocycles. The van der Waals surface area contributed by atoms with Crippen LogP contribution in [0.5, 0.6) is 0 Å². The molecule has 0 aliphatic carbocycles. The van der Waals surface area contributed by atoms with Gasteiger partial charge in [-0.25, -0.2) is 4.98 Å². The lowest BCUT2D eigenvalue weighted by molar-refractivity contribution is -0.114. The lowest BCUT2D eigenvalue weighted by Crippen LogP contribution is -2.06. The summed E-state index contributed by atoms with van der Waals surface area (Å²) in [5.41, 5.74) is 3.04. The first kappa shape index (κ1) is 15.5. The number of carbonyl (C=O) groups is 1. The van der Waals surface area contributed by atoms with Crippen molar-refractivity contribution in [3.05, 3.63) is 40.9 Å². The van der Waals surface area contributed by atoms with Crippen molar-refractivity contribution in [3.8, 4) is 0 Å². The SMILES string of the molecule is CO[C@H](C)c1cccc(NCc2csc(NC(C)=O)n2)c1. The van der Waals surface area contributed by atoms with Crippen molar-refractivity contribution in [1.82, 2.24) is 4.98 Å². The van der Waals surface area contributed by atoms with Gasteiger partial charge in [0.05, 0.1) is 18.3 Å². The van der Waals surface area contributed by atoms with E-state index in [1.165, 1.54) is 18.3 Å². The van der Waals surface area contributed by atoms with E-state index in [0.29, 0.717) is 11.7 Å². The van der Waals surface area contributed by atoms with Crippen LogP contribution in [0, 0.1) is 0 Å². The molecule has 6 heteroatoms. The Hall–Kier alpha value is -1.92. The third kappa shape index (κ3) is 4.54. The first-order valence-electron chi connectivity index (χ1n) is 6.67. The highest BCUT2D eigenvalue weighted by Gasteiger charge is 2.06. The summed E-state index contributed by atoms with van der Waals surface area (Å²) in [6.45, 7) is 4.10. The minimum absolute atomic E-state index is 0.0670. The maximum Gasteiger partial charge on any atom is 0.223 e. The van der Waals surface area contributed by atoms with Crippen molar-refractivity contribution in [1.29, 1.82) is 0 Å². The van der Waals surface area contributed by atoms with Crippen LogP contribution >= 0.6 is 11.3 Å². The lowest BCUT2D eigenvalue weighted by atomic mass is 10.1. The van der Waals surface area contributed by atoms with Gasteiger partial charge in [0.1, 0.15) is 0 Å². The Morgan fingerprint density at radius 1 is 1.48 bits per heavy atom. The number of hydrogen-bond donors (Lipinski definition) is 2. The molecule has 2 aromatic rings. The third-order valence-electron chi connectivity index (χ3n) is 3.02. The van der Waals surface area contributed by atoms with Crippen molar-refractivity contribution in [2.75, 3.05) is 17.7 Å². The number of methoxy groups -OCH3 is 1. The number of aromatic nitrogens is 1. The van der Waals surface area contributed by atoms with Crippen LogP contribution in [0.25, 0.3) is 0 Å². The van der Waals surface area contributed by atoms with E-state index in [9.17, 15) is 4.79 Å². The fraction of sp³-hybridized carbons (Fsp3) is 0.333. The van der Waals surface area contributed by atoms with Crippen molar-refractivity contribution in [2.45, 2.75) is 26.5 Å². The second-order valence-corrected chi connectivity index (χ2v) is 5.54. The summed E-state index contributed by atoms with van der Waals surface area (Å²) < 4.78 is 5.32. The Morgan fingerprint density at radius 2 is 2.29 bits per heavy atom. The minimum atomic E-state index is -0.106. The molecule has 0 fully saturated rings. The summed E-state index contributed by atoms with van der Waals surface area (Å²) >= 11 is 1.42. The smallest absolute Gasteiger partial charge is 0.223 e. The average molecular weight is 305 g/mol. The molecule has 0 spiro atoms. The fourth-order valence-electron chi connectivity index (χ4n) is 1.83. The third-order valence-corrected chi connectivity index (χ3v) is 3.82. The number of nitrogens with one attached hydrogen (secondary N) is 2. The summed E-state index contributed by atoms with van der Waals surface area (Å²) in [6, 6.07) is 8.11.